The summed E-state index contributed by atoms with van der Waals surface area (Å²) in [5.74, 6) is -0.707. The number of anilines is 2. The van der Waals surface area contributed by atoms with Crippen molar-refractivity contribution < 1.29 is 23.9 Å². The summed E-state index contributed by atoms with van der Waals surface area (Å²) in [5.41, 5.74) is 11.6. The number of aromatic nitrogens is 1. The minimum absolute atomic E-state index is 0.0217. The third-order valence-corrected chi connectivity index (χ3v) is 8.06. The Balaban J connectivity index is 1.60. The van der Waals surface area contributed by atoms with Gasteiger partial charge < -0.3 is 26.3 Å². The molecule has 1 saturated carbocycles. The molecule has 0 saturated heterocycles. The van der Waals surface area contributed by atoms with Crippen molar-refractivity contribution in [1.82, 2.24) is 9.69 Å². The number of nitrogen functional groups attached to an aromatic ring is 1. The number of benzene rings is 1. The number of hydrogen-bond acceptors (Lipinski definition) is 9. The van der Waals surface area contributed by atoms with Gasteiger partial charge >= 0.3 is 0 Å². The largest absolute Gasteiger partial charge is 0.454 e. The Morgan fingerprint density at radius 3 is 2.58 bits per heavy atom. The van der Waals surface area contributed by atoms with Crippen LogP contribution in [0, 0.1) is 0 Å². The van der Waals surface area contributed by atoms with Gasteiger partial charge in [-0.25, -0.2) is 0 Å². The van der Waals surface area contributed by atoms with Crippen molar-refractivity contribution in [1.29, 1.82) is 0 Å². The first kappa shape index (κ1) is 24.1. The van der Waals surface area contributed by atoms with E-state index in [4.69, 9.17) is 20.9 Å². The minimum Gasteiger partial charge on any atom is -0.454 e. The van der Waals surface area contributed by atoms with Crippen LogP contribution >= 0.6 is 22.9 Å². The van der Waals surface area contributed by atoms with Gasteiger partial charge in [0.2, 0.25) is 12.7 Å². The molecule has 3 aromatic rings. The zero-order chi connectivity index (χ0) is 25.2. The van der Waals surface area contributed by atoms with Crippen molar-refractivity contribution in [2.75, 3.05) is 17.4 Å². The van der Waals surface area contributed by atoms with Crippen molar-refractivity contribution in [3.05, 3.63) is 51.2 Å². The molecule has 1 aliphatic heterocycles. The molecular formula is C24H25N5O5S2. The van der Waals surface area contributed by atoms with Crippen LogP contribution in [-0.4, -0.2) is 34.9 Å². The number of hydrogen-bond donors (Lipinski definition) is 3. The van der Waals surface area contributed by atoms with Gasteiger partial charge in [0.15, 0.2) is 23.2 Å². The van der Waals surface area contributed by atoms with Crippen LogP contribution in [-0.2, 0) is 4.79 Å². The lowest BCUT2D eigenvalue weighted by Crippen LogP contribution is -2.47. The Kier molecular flexibility index (Phi) is 6.79. The van der Waals surface area contributed by atoms with Crippen molar-refractivity contribution in [3.8, 4) is 11.5 Å². The highest BCUT2D eigenvalue weighted by Gasteiger charge is 2.38. The molecule has 36 heavy (non-hydrogen) atoms. The second-order valence-corrected chi connectivity index (χ2v) is 10.4. The van der Waals surface area contributed by atoms with Gasteiger partial charge in [-0.3, -0.25) is 19.3 Å². The number of rotatable bonds is 7. The van der Waals surface area contributed by atoms with Gasteiger partial charge in [-0.1, -0.05) is 25.3 Å². The van der Waals surface area contributed by atoms with Crippen LogP contribution in [0.3, 0.4) is 0 Å². The lowest BCUT2D eigenvalue weighted by atomic mass is 9.95. The standard InChI is InChI=1S/C24H25N5O5S2/c25-18-19(22(26)30)28-36-21(18)24(32)29(14-8-9-15-16(11-14)34-12-33-15)20(17-7-4-10-35-17)23(31)27-13-5-2-1-3-6-13/h4,7-11,13,20H,1-3,5-6,12,25H2,(H2,26,30)(H,27,31)/t20-/m0/s1. The normalized spacial score (nSPS) is 15.9. The van der Waals surface area contributed by atoms with E-state index in [1.807, 2.05) is 17.5 Å². The summed E-state index contributed by atoms with van der Waals surface area (Å²) >= 11 is 2.14. The Bertz CT molecular complexity index is 1290. The van der Waals surface area contributed by atoms with Crippen LogP contribution in [0.5, 0.6) is 11.5 Å². The van der Waals surface area contributed by atoms with Gasteiger partial charge in [-0.2, -0.15) is 4.37 Å². The van der Waals surface area contributed by atoms with E-state index in [1.54, 1.807) is 18.2 Å². The maximum absolute atomic E-state index is 14.1. The molecule has 1 aliphatic carbocycles. The molecule has 2 aliphatic rings. The molecule has 188 valence electrons. The van der Waals surface area contributed by atoms with Crippen LogP contribution in [0.2, 0.25) is 0 Å². The van der Waals surface area contributed by atoms with Crippen molar-refractivity contribution >= 4 is 52.0 Å². The highest BCUT2D eigenvalue weighted by atomic mass is 32.1. The van der Waals surface area contributed by atoms with E-state index in [0.717, 1.165) is 43.6 Å². The highest BCUT2D eigenvalue weighted by molar-refractivity contribution is 7.10. The van der Waals surface area contributed by atoms with Crippen LogP contribution in [0.25, 0.3) is 0 Å². The van der Waals surface area contributed by atoms with Crippen molar-refractivity contribution in [3.63, 3.8) is 0 Å². The zero-order valence-electron chi connectivity index (χ0n) is 19.3. The summed E-state index contributed by atoms with van der Waals surface area (Å²) in [4.78, 5) is 41.7. The number of nitrogens with two attached hydrogens (primary N) is 2. The maximum Gasteiger partial charge on any atom is 0.273 e. The first-order chi connectivity index (χ1) is 17.4. The molecule has 1 aromatic carbocycles. The van der Waals surface area contributed by atoms with E-state index in [2.05, 4.69) is 9.69 Å². The molecule has 3 amide bonds. The van der Waals surface area contributed by atoms with Crippen LogP contribution < -0.4 is 31.2 Å². The average molecular weight is 528 g/mol. The number of nitrogens with zero attached hydrogens (tertiary/aromatic N) is 2. The Labute approximate surface area is 215 Å². The van der Waals surface area contributed by atoms with Gasteiger partial charge in [0.25, 0.3) is 11.8 Å². The van der Waals surface area contributed by atoms with E-state index in [-0.39, 0.29) is 35.0 Å². The molecule has 0 spiro atoms. The molecule has 0 bridgehead atoms. The fourth-order valence-corrected chi connectivity index (χ4v) is 6.06. The molecular weight excluding hydrogens is 502 g/mol. The first-order valence-electron chi connectivity index (χ1n) is 11.6. The number of primary amides is 1. The second kappa shape index (κ2) is 10.2. The molecule has 2 aromatic heterocycles. The lowest BCUT2D eigenvalue weighted by molar-refractivity contribution is -0.123. The summed E-state index contributed by atoms with van der Waals surface area (Å²) in [6.45, 7) is 0.0625. The predicted octanol–water partition coefficient (Wildman–Crippen LogP) is 3.45. The molecule has 5 rings (SSSR count). The van der Waals surface area contributed by atoms with Gasteiger partial charge in [-0.05, 0) is 48.0 Å². The van der Waals surface area contributed by atoms with Crippen LogP contribution in [0.4, 0.5) is 11.4 Å². The Morgan fingerprint density at radius 2 is 1.89 bits per heavy atom. The van der Waals surface area contributed by atoms with Gasteiger partial charge in [0.05, 0.1) is 5.69 Å². The van der Waals surface area contributed by atoms with E-state index in [0.29, 0.717) is 22.1 Å². The molecule has 1 fully saturated rings. The van der Waals surface area contributed by atoms with E-state index >= 15 is 0 Å². The van der Waals surface area contributed by atoms with Crippen LogP contribution in [0.1, 0.15) is 63.2 Å². The molecule has 3 heterocycles. The minimum atomic E-state index is -0.988. The third kappa shape index (κ3) is 4.61. The van der Waals surface area contributed by atoms with E-state index in [1.165, 1.54) is 16.2 Å². The van der Waals surface area contributed by atoms with Gasteiger partial charge in [-0.15, -0.1) is 11.3 Å². The third-order valence-electron chi connectivity index (χ3n) is 6.28. The second-order valence-electron chi connectivity index (χ2n) is 8.61. The zero-order valence-corrected chi connectivity index (χ0v) is 20.9. The Morgan fingerprint density at radius 1 is 1.11 bits per heavy atom. The summed E-state index contributed by atoms with van der Waals surface area (Å²) in [6, 6.07) is 7.72. The average Bonchev–Trinajstić information content (AvgIpc) is 3.63. The number of carbonyl (C=O) groups excluding carboxylic acids is 3. The SMILES string of the molecule is NC(=O)c1nsc(C(=O)N(c2ccc3c(c2)OCO3)[C@H](C(=O)NC2CCCCC2)c2cccs2)c1N. The topological polar surface area (TPSA) is 150 Å². The molecule has 1 atom stereocenters. The number of nitrogens with one attached hydrogen (secondary N) is 1. The number of ether oxygens (including phenoxy) is 2. The fraction of sp³-hybridized carbons (Fsp3) is 0.333. The number of thiophene rings is 1. The smallest absolute Gasteiger partial charge is 0.273 e. The predicted molar refractivity (Wildman–Crippen MR) is 136 cm³/mol. The molecule has 12 heteroatoms. The van der Waals surface area contributed by atoms with E-state index in [9.17, 15) is 14.4 Å². The highest BCUT2D eigenvalue weighted by Crippen LogP contribution is 2.40. The Hall–Kier alpha value is -3.64. The number of carbonyl (C=O) groups is 3. The molecule has 0 unspecified atom stereocenters. The quantitative estimate of drug-likeness (QED) is 0.426. The van der Waals surface area contributed by atoms with Gasteiger partial charge in [0.1, 0.15) is 4.88 Å². The first-order valence-corrected chi connectivity index (χ1v) is 13.2. The maximum atomic E-state index is 14.1. The number of fused-ring (bicyclic) bond motifs is 1. The number of amides is 3. The summed E-state index contributed by atoms with van der Waals surface area (Å²) < 4.78 is 14.9. The van der Waals surface area contributed by atoms with E-state index < -0.39 is 17.9 Å². The fourth-order valence-electron chi connectivity index (χ4n) is 4.50. The molecule has 0 radical (unpaired) electrons. The summed E-state index contributed by atoms with van der Waals surface area (Å²) in [7, 11) is 0. The van der Waals surface area contributed by atoms with Crippen LogP contribution in [0.15, 0.2) is 35.7 Å². The monoisotopic (exact) mass is 527 g/mol. The van der Waals surface area contributed by atoms with Crippen molar-refractivity contribution in [2.45, 2.75) is 44.2 Å². The summed E-state index contributed by atoms with van der Waals surface area (Å²) in [5, 5.41) is 5.01. The van der Waals surface area contributed by atoms with Gasteiger partial charge in [0, 0.05) is 22.7 Å². The summed E-state index contributed by atoms with van der Waals surface area (Å²) in [6.07, 6.45) is 5.03. The lowest BCUT2D eigenvalue weighted by Gasteiger charge is -2.32. The van der Waals surface area contributed by atoms with Crippen molar-refractivity contribution in [2.24, 2.45) is 5.73 Å². The molecule has 10 nitrogen and oxygen atoms in total. The molecule has 5 N–H and O–H groups in total.